The number of aliphatic hydroxyl groups excluding tert-OH is 1. The minimum atomic E-state index is -0.753. The van der Waals surface area contributed by atoms with E-state index in [9.17, 15) is 19.8 Å². The number of hydrogen-bond acceptors (Lipinski definition) is 6. The first kappa shape index (κ1) is 22.1. The van der Waals surface area contributed by atoms with Crippen molar-refractivity contribution in [3.05, 3.63) is 77.9 Å². The Morgan fingerprint density at radius 2 is 1.77 bits per heavy atom. The molecule has 3 rings (SSSR count). The fourth-order valence-electron chi connectivity index (χ4n) is 3.44. The van der Waals surface area contributed by atoms with Crippen LogP contribution >= 0.6 is 0 Å². The zero-order valence-corrected chi connectivity index (χ0v) is 17.6. The number of likely N-dealkylation sites (tertiary alicyclic amines) is 1. The summed E-state index contributed by atoms with van der Waals surface area (Å²) in [6.45, 7) is 4.82. The van der Waals surface area contributed by atoms with Gasteiger partial charge in [0.05, 0.1) is 11.6 Å². The van der Waals surface area contributed by atoms with E-state index in [-0.39, 0.29) is 17.1 Å². The van der Waals surface area contributed by atoms with Crippen LogP contribution in [0.1, 0.15) is 17.2 Å². The van der Waals surface area contributed by atoms with Gasteiger partial charge in [-0.3, -0.25) is 9.59 Å². The minimum absolute atomic E-state index is 0.0224. The van der Waals surface area contributed by atoms with Gasteiger partial charge in [0.15, 0.2) is 0 Å². The SMILES string of the molecule is C=CCOc1ccc(/C(O)=C2\C(=O)C(=O)N(CCN(C)C)[C@@H]2c2ccc(O)cc2)cc1. The molecule has 1 aliphatic heterocycles. The van der Waals surface area contributed by atoms with Gasteiger partial charge in [-0.2, -0.15) is 0 Å². The Kier molecular flexibility index (Phi) is 6.77. The molecule has 7 heteroatoms. The molecule has 1 heterocycles. The lowest BCUT2D eigenvalue weighted by Crippen LogP contribution is -2.35. The Bertz CT molecular complexity index is 994. The van der Waals surface area contributed by atoms with Gasteiger partial charge in [0.2, 0.25) is 0 Å². The zero-order valence-electron chi connectivity index (χ0n) is 17.6. The highest BCUT2D eigenvalue weighted by Crippen LogP contribution is 2.39. The summed E-state index contributed by atoms with van der Waals surface area (Å²) in [5.41, 5.74) is 1.05. The number of hydrogen-bond donors (Lipinski definition) is 2. The normalized spacial score (nSPS) is 17.9. The second-order valence-electron chi connectivity index (χ2n) is 7.51. The van der Waals surface area contributed by atoms with Crippen molar-refractivity contribution in [1.82, 2.24) is 9.80 Å². The molecular weight excluding hydrogens is 396 g/mol. The molecule has 0 radical (unpaired) electrons. The molecule has 0 spiro atoms. The fraction of sp³-hybridized carbons (Fsp3) is 0.250. The van der Waals surface area contributed by atoms with Crippen LogP contribution in [0, 0.1) is 0 Å². The van der Waals surface area contributed by atoms with E-state index in [0.29, 0.717) is 36.6 Å². The predicted octanol–water partition coefficient (Wildman–Crippen LogP) is 2.94. The zero-order chi connectivity index (χ0) is 22.5. The molecule has 2 aromatic rings. The van der Waals surface area contributed by atoms with Gasteiger partial charge >= 0.3 is 0 Å². The van der Waals surface area contributed by atoms with Crippen molar-refractivity contribution >= 4 is 17.4 Å². The molecule has 2 aromatic carbocycles. The van der Waals surface area contributed by atoms with Crippen molar-refractivity contribution in [2.75, 3.05) is 33.8 Å². The van der Waals surface area contributed by atoms with Gasteiger partial charge in [-0.1, -0.05) is 24.8 Å². The van der Waals surface area contributed by atoms with Crippen LogP contribution in [0.4, 0.5) is 0 Å². The van der Waals surface area contributed by atoms with Crippen molar-refractivity contribution in [1.29, 1.82) is 0 Å². The molecule has 1 atom stereocenters. The number of likely N-dealkylation sites (N-methyl/N-ethyl adjacent to an activating group) is 1. The summed E-state index contributed by atoms with van der Waals surface area (Å²) >= 11 is 0. The highest BCUT2D eigenvalue weighted by atomic mass is 16.5. The van der Waals surface area contributed by atoms with E-state index in [2.05, 4.69) is 6.58 Å². The second kappa shape index (κ2) is 9.49. The lowest BCUT2D eigenvalue weighted by atomic mass is 9.95. The van der Waals surface area contributed by atoms with Crippen LogP contribution in [0.3, 0.4) is 0 Å². The monoisotopic (exact) mass is 422 g/mol. The number of benzene rings is 2. The maximum Gasteiger partial charge on any atom is 0.295 e. The smallest absolute Gasteiger partial charge is 0.295 e. The lowest BCUT2D eigenvalue weighted by molar-refractivity contribution is -0.140. The molecule has 0 aromatic heterocycles. The van der Waals surface area contributed by atoms with E-state index >= 15 is 0 Å². The summed E-state index contributed by atoms with van der Waals surface area (Å²) in [5, 5.41) is 20.7. The molecule has 31 heavy (non-hydrogen) atoms. The Hall–Kier alpha value is -3.58. The third-order valence-corrected chi connectivity index (χ3v) is 5.03. The summed E-state index contributed by atoms with van der Waals surface area (Å²) in [4.78, 5) is 29.1. The number of phenols is 1. The average molecular weight is 422 g/mol. The van der Waals surface area contributed by atoms with Crippen LogP contribution in [0.15, 0.2) is 66.8 Å². The first-order valence-electron chi connectivity index (χ1n) is 9.89. The van der Waals surface area contributed by atoms with Crippen molar-refractivity contribution in [2.24, 2.45) is 0 Å². The topological polar surface area (TPSA) is 90.3 Å². The highest BCUT2D eigenvalue weighted by molar-refractivity contribution is 6.46. The summed E-state index contributed by atoms with van der Waals surface area (Å²) in [6.07, 6.45) is 1.63. The fourth-order valence-corrected chi connectivity index (χ4v) is 3.44. The number of carbonyl (C=O) groups excluding carboxylic acids is 2. The van der Waals surface area contributed by atoms with Gasteiger partial charge in [0.25, 0.3) is 11.7 Å². The van der Waals surface area contributed by atoms with Gasteiger partial charge in [-0.05, 0) is 56.1 Å². The molecule has 0 bridgehead atoms. The maximum absolute atomic E-state index is 12.9. The van der Waals surface area contributed by atoms with Crippen molar-refractivity contribution in [3.8, 4) is 11.5 Å². The Balaban J connectivity index is 2.05. The molecule has 0 saturated carbocycles. The quantitative estimate of drug-likeness (QED) is 0.294. The molecule has 0 aliphatic carbocycles. The number of Topliss-reactive ketones (excluding diaryl/α,β-unsaturated/α-hetero) is 1. The Morgan fingerprint density at radius 3 is 2.35 bits per heavy atom. The highest BCUT2D eigenvalue weighted by Gasteiger charge is 2.45. The van der Waals surface area contributed by atoms with Crippen molar-refractivity contribution in [2.45, 2.75) is 6.04 Å². The number of ketones is 1. The molecule has 1 amide bonds. The molecule has 0 unspecified atom stereocenters. The van der Waals surface area contributed by atoms with E-state index in [1.165, 1.54) is 17.0 Å². The summed E-state index contributed by atoms with van der Waals surface area (Å²) < 4.78 is 5.45. The van der Waals surface area contributed by atoms with Gasteiger partial charge in [-0.15, -0.1) is 0 Å². The van der Waals surface area contributed by atoms with Crippen LogP contribution in [0.5, 0.6) is 11.5 Å². The van der Waals surface area contributed by atoms with Crippen LogP contribution in [-0.2, 0) is 9.59 Å². The third-order valence-electron chi connectivity index (χ3n) is 5.03. The summed E-state index contributed by atoms with van der Waals surface area (Å²) in [5.74, 6) is -0.977. The van der Waals surface area contributed by atoms with Crippen molar-refractivity contribution in [3.63, 3.8) is 0 Å². The Labute approximate surface area is 181 Å². The number of ether oxygens (including phenoxy) is 1. The molecule has 162 valence electrons. The van der Waals surface area contributed by atoms with Crippen molar-refractivity contribution < 1.29 is 24.5 Å². The number of aromatic hydroxyl groups is 1. The van der Waals surface area contributed by atoms with Gasteiger partial charge < -0.3 is 24.7 Å². The standard InChI is InChI=1S/C24H26N2O5/c1-4-15-31-19-11-7-17(8-12-19)22(28)20-21(16-5-9-18(27)10-6-16)26(14-13-25(2)3)24(30)23(20)29/h4-12,21,27-28H,1,13-15H2,2-3H3/b22-20+/t21-/m1/s1. The molecular formula is C24H26N2O5. The summed E-state index contributed by atoms with van der Waals surface area (Å²) in [6, 6.07) is 12.1. The number of rotatable bonds is 8. The Morgan fingerprint density at radius 1 is 1.13 bits per heavy atom. The van der Waals surface area contributed by atoms with E-state index in [1.54, 1.807) is 42.5 Å². The van der Waals surface area contributed by atoms with Crippen LogP contribution in [0.2, 0.25) is 0 Å². The third kappa shape index (κ3) is 4.78. The minimum Gasteiger partial charge on any atom is -0.508 e. The maximum atomic E-state index is 12.9. The molecule has 1 aliphatic rings. The molecule has 1 fully saturated rings. The first-order chi connectivity index (χ1) is 14.8. The van der Waals surface area contributed by atoms with Crippen LogP contribution in [-0.4, -0.2) is 65.5 Å². The van der Waals surface area contributed by atoms with Crippen LogP contribution < -0.4 is 4.74 Å². The number of phenolic OH excluding ortho intramolecular Hbond substituents is 1. The largest absolute Gasteiger partial charge is 0.508 e. The lowest BCUT2D eigenvalue weighted by Gasteiger charge is -2.26. The number of nitrogens with zero attached hydrogens (tertiary/aromatic N) is 2. The van der Waals surface area contributed by atoms with Gasteiger partial charge in [0.1, 0.15) is 23.9 Å². The van der Waals surface area contributed by atoms with E-state index in [1.807, 2.05) is 19.0 Å². The average Bonchev–Trinajstić information content (AvgIpc) is 3.01. The first-order valence-corrected chi connectivity index (χ1v) is 9.89. The number of amides is 1. The van der Waals surface area contributed by atoms with Gasteiger partial charge in [0, 0.05) is 18.7 Å². The van der Waals surface area contributed by atoms with E-state index in [4.69, 9.17) is 4.74 Å². The van der Waals surface area contributed by atoms with Gasteiger partial charge in [-0.25, -0.2) is 0 Å². The summed E-state index contributed by atoms with van der Waals surface area (Å²) in [7, 11) is 3.75. The van der Waals surface area contributed by atoms with E-state index < -0.39 is 17.7 Å². The molecule has 2 N–H and O–H groups in total. The van der Waals surface area contributed by atoms with E-state index in [0.717, 1.165) is 0 Å². The molecule has 7 nitrogen and oxygen atoms in total. The number of aliphatic hydroxyl groups is 1. The molecule has 1 saturated heterocycles. The van der Waals surface area contributed by atoms with Crippen LogP contribution in [0.25, 0.3) is 5.76 Å². The predicted molar refractivity (Wildman–Crippen MR) is 118 cm³/mol. The number of carbonyl (C=O) groups is 2. The second-order valence-corrected chi connectivity index (χ2v) is 7.51.